The van der Waals surface area contributed by atoms with Crippen molar-refractivity contribution in [3.63, 3.8) is 0 Å². The summed E-state index contributed by atoms with van der Waals surface area (Å²) in [7, 11) is 0. The van der Waals surface area contributed by atoms with Gasteiger partial charge in [-0.25, -0.2) is 0 Å². The summed E-state index contributed by atoms with van der Waals surface area (Å²) in [5.41, 5.74) is 0. The molecule has 0 unspecified atom stereocenters. The minimum absolute atomic E-state index is 0. The Kier molecular flexibility index (Phi) is 11.5. The van der Waals surface area contributed by atoms with Gasteiger partial charge in [0.25, 0.3) is 0 Å². The van der Waals surface area contributed by atoms with Crippen LogP contribution < -0.4 is 0 Å². The van der Waals surface area contributed by atoms with E-state index in [0.29, 0.717) is 0 Å². The van der Waals surface area contributed by atoms with Gasteiger partial charge in [-0.3, -0.25) is 0 Å². The van der Waals surface area contributed by atoms with Gasteiger partial charge in [0.1, 0.15) is 0 Å². The van der Waals surface area contributed by atoms with Crippen LogP contribution in [0.3, 0.4) is 0 Å². The van der Waals surface area contributed by atoms with Crippen LogP contribution in [0.2, 0.25) is 0 Å². The molecule has 0 amide bonds. The Morgan fingerprint density at radius 1 is 0.636 bits per heavy atom. The van der Waals surface area contributed by atoms with Gasteiger partial charge in [0.05, 0.1) is 0 Å². The fourth-order valence-electron chi connectivity index (χ4n) is 0. The number of hydrogen-bond acceptors (Lipinski definition) is 2. The molecule has 11 heavy (non-hydrogen) atoms. The first-order chi connectivity index (χ1) is 4.00. The monoisotopic (exact) mass is 307 g/mol. The quantitative estimate of drug-likeness (QED) is 0.244. The maximum atomic E-state index is 8.94. The zero-order chi connectivity index (χ0) is 9.00. The predicted molar refractivity (Wildman–Crippen MR) is 31.9 cm³/mol. The molecule has 0 aromatic heterocycles. The Morgan fingerprint density at radius 2 is 0.636 bits per heavy atom. The smallest absolute Gasteiger partial charge is 0 e. The van der Waals surface area contributed by atoms with Crippen molar-refractivity contribution in [2.45, 2.75) is 0 Å². The molecule has 0 aromatic rings. The Balaban J connectivity index is -0.000000107. The standard InChI is InChI=1S/2AsH3O4.Na/c2*2-1(3,4)5;/h2*(H3,2,3,4,5);. The molecule has 0 aliphatic heterocycles. The normalized spacial score (nSPS) is 10.7. The average molecular weight is 307 g/mol. The second kappa shape index (κ2) is 6.94. The third kappa shape index (κ3) is 473. The molecule has 0 spiro atoms. The molecular weight excluding hydrogens is 301 g/mol. The average Bonchev–Trinajstić information content (AvgIpc) is 1.12. The molecule has 0 fully saturated rings. The molecule has 0 bridgehead atoms. The molecule has 6 N–H and O–H groups in total. The first-order valence-corrected chi connectivity index (χ1v) is 8.13. The van der Waals surface area contributed by atoms with Gasteiger partial charge >= 0.3 is 61.1 Å². The molecule has 0 heterocycles. The summed E-state index contributed by atoms with van der Waals surface area (Å²) in [5.74, 6) is 0. The third-order valence-corrected chi connectivity index (χ3v) is 0. The van der Waals surface area contributed by atoms with E-state index in [2.05, 4.69) is 0 Å². The van der Waals surface area contributed by atoms with Gasteiger partial charge in [0.2, 0.25) is 0 Å². The molecule has 0 rings (SSSR count). The van der Waals surface area contributed by atoms with E-state index >= 15 is 0 Å². The van der Waals surface area contributed by atoms with Gasteiger partial charge in [-0.2, -0.15) is 0 Å². The van der Waals surface area contributed by atoms with E-state index in [4.69, 9.17) is 32.1 Å². The molecular formula is H6As2NaO8. The van der Waals surface area contributed by atoms with Gasteiger partial charge in [-0.05, 0) is 0 Å². The summed E-state index contributed by atoms with van der Waals surface area (Å²) in [6.07, 6.45) is 0. The minimum Gasteiger partial charge on any atom is 0 e. The first-order valence-electron chi connectivity index (χ1n) is 1.57. The second-order valence-electron chi connectivity index (χ2n) is 1.03. The van der Waals surface area contributed by atoms with E-state index in [9.17, 15) is 0 Å². The third-order valence-electron chi connectivity index (χ3n) is 0. The van der Waals surface area contributed by atoms with Crippen LogP contribution in [0.15, 0.2) is 0 Å². The first kappa shape index (κ1) is 18.3. The number of hydrogen-bond donors (Lipinski definition) is 6. The maximum Gasteiger partial charge on any atom is 0 e. The van der Waals surface area contributed by atoms with Crippen LogP contribution >= 0.6 is 0 Å². The summed E-state index contributed by atoms with van der Waals surface area (Å²) < 4.78 is 61.4. The van der Waals surface area contributed by atoms with Crippen molar-refractivity contribution in [3.8, 4) is 0 Å². The van der Waals surface area contributed by atoms with Gasteiger partial charge in [0, 0.05) is 29.6 Å². The van der Waals surface area contributed by atoms with Gasteiger partial charge < -0.3 is 0 Å². The van der Waals surface area contributed by atoms with Crippen LogP contribution in [-0.2, 0) is 7.48 Å². The predicted octanol–water partition coefficient (Wildman–Crippen LogP) is -4.72. The van der Waals surface area contributed by atoms with E-state index in [1.165, 1.54) is 0 Å². The van der Waals surface area contributed by atoms with Crippen LogP contribution in [0.25, 0.3) is 0 Å². The Hall–Kier alpha value is 1.48. The topological polar surface area (TPSA) is 156 Å². The molecule has 8 nitrogen and oxygen atoms in total. The van der Waals surface area contributed by atoms with Crippen molar-refractivity contribution in [1.29, 1.82) is 0 Å². The van der Waals surface area contributed by atoms with Crippen LogP contribution in [0, 0.1) is 0 Å². The summed E-state index contributed by atoms with van der Waals surface area (Å²) in [4.78, 5) is 0. The Morgan fingerprint density at radius 3 is 0.636 bits per heavy atom. The summed E-state index contributed by atoms with van der Waals surface area (Å²) in [5, 5.41) is 0. The van der Waals surface area contributed by atoms with Gasteiger partial charge in [0.15, 0.2) is 0 Å². The Bertz CT molecular complexity index is 124. The number of rotatable bonds is 0. The fourth-order valence-corrected chi connectivity index (χ4v) is 0. The van der Waals surface area contributed by atoms with Crippen LogP contribution in [0.1, 0.15) is 0 Å². The Labute approximate surface area is 89.9 Å². The largest absolute Gasteiger partial charge is 0 e. The van der Waals surface area contributed by atoms with Crippen LogP contribution in [-0.4, -0.2) is 83.2 Å². The molecule has 1 radical (unpaired) electrons. The molecule has 0 aromatic carbocycles. The van der Waals surface area contributed by atoms with Crippen LogP contribution in [0.5, 0.6) is 0 Å². The van der Waals surface area contributed by atoms with E-state index in [-0.39, 0.29) is 29.6 Å². The summed E-state index contributed by atoms with van der Waals surface area (Å²) in [6, 6.07) is 0. The molecule has 0 saturated heterocycles. The summed E-state index contributed by atoms with van der Waals surface area (Å²) >= 11 is -10.2. The second-order valence-corrected chi connectivity index (χ2v) is 5.33. The molecule has 11 heteroatoms. The van der Waals surface area contributed by atoms with Crippen molar-refractivity contribution >= 4 is 58.6 Å². The molecule has 65 valence electrons. The van der Waals surface area contributed by atoms with Gasteiger partial charge in [-0.1, -0.05) is 0 Å². The zero-order valence-corrected chi connectivity index (χ0v) is 11.1. The fraction of sp³-hybridized carbons (Fsp3) is 0. The van der Waals surface area contributed by atoms with Gasteiger partial charge in [-0.15, -0.1) is 0 Å². The van der Waals surface area contributed by atoms with Crippen molar-refractivity contribution in [3.05, 3.63) is 0 Å². The van der Waals surface area contributed by atoms with Crippen molar-refractivity contribution < 1.29 is 32.1 Å². The maximum absolute atomic E-state index is 8.94. The molecule has 0 atom stereocenters. The van der Waals surface area contributed by atoms with E-state index < -0.39 is 29.0 Å². The minimum atomic E-state index is -5.12. The zero-order valence-electron chi connectivity index (χ0n) is 5.39. The van der Waals surface area contributed by atoms with E-state index in [0.717, 1.165) is 0 Å². The molecule has 0 aliphatic rings. The summed E-state index contributed by atoms with van der Waals surface area (Å²) in [6.45, 7) is 0. The van der Waals surface area contributed by atoms with E-state index in [1.807, 2.05) is 0 Å². The van der Waals surface area contributed by atoms with Crippen molar-refractivity contribution in [2.75, 3.05) is 0 Å². The van der Waals surface area contributed by atoms with Crippen LogP contribution in [0.4, 0.5) is 0 Å². The molecule has 0 aliphatic carbocycles. The van der Waals surface area contributed by atoms with Crippen molar-refractivity contribution in [2.24, 2.45) is 0 Å². The SMILES string of the molecule is O=[As](O)(O)O.O=[As](O)(O)O.[Na]. The molecule has 0 saturated carbocycles. The van der Waals surface area contributed by atoms with E-state index in [1.54, 1.807) is 0 Å². The van der Waals surface area contributed by atoms with Crippen molar-refractivity contribution in [1.82, 2.24) is 0 Å².